The lowest BCUT2D eigenvalue weighted by atomic mass is 10.1. The predicted molar refractivity (Wildman–Crippen MR) is 126 cm³/mol. The zero-order chi connectivity index (χ0) is 22.1. The van der Waals surface area contributed by atoms with E-state index in [-0.39, 0.29) is 5.24 Å². The van der Waals surface area contributed by atoms with Crippen LogP contribution in [0.5, 0.6) is 0 Å². The molecule has 0 aliphatic carbocycles. The van der Waals surface area contributed by atoms with Gasteiger partial charge in [0.05, 0.1) is 21.8 Å². The van der Waals surface area contributed by atoms with Gasteiger partial charge in [0, 0.05) is 37.4 Å². The highest BCUT2D eigenvalue weighted by Gasteiger charge is 2.25. The van der Waals surface area contributed by atoms with E-state index in [0.717, 1.165) is 61.3 Å². The SMILES string of the molecule is CCN1CCN(c2ccc(-c3ncnc4ccc(C=C5SC(=O)NC5=O)nc34)cc2)CC1. The fourth-order valence-electron chi connectivity index (χ4n) is 3.95. The maximum absolute atomic E-state index is 11.9. The first-order valence-corrected chi connectivity index (χ1v) is 11.4. The van der Waals surface area contributed by atoms with Crippen molar-refractivity contribution in [3.63, 3.8) is 0 Å². The molecule has 1 aromatic carbocycles. The van der Waals surface area contributed by atoms with Crippen molar-refractivity contribution in [3.05, 3.63) is 53.3 Å². The summed E-state index contributed by atoms with van der Waals surface area (Å²) in [4.78, 5) is 42.0. The zero-order valence-electron chi connectivity index (χ0n) is 17.6. The molecule has 0 radical (unpaired) electrons. The second kappa shape index (κ2) is 8.68. The molecule has 2 aliphatic rings. The van der Waals surface area contributed by atoms with Gasteiger partial charge < -0.3 is 9.80 Å². The van der Waals surface area contributed by atoms with E-state index in [2.05, 4.69) is 61.3 Å². The van der Waals surface area contributed by atoms with Gasteiger partial charge >= 0.3 is 0 Å². The fraction of sp³-hybridized carbons (Fsp3) is 0.261. The summed E-state index contributed by atoms with van der Waals surface area (Å²) in [6, 6.07) is 12.0. The van der Waals surface area contributed by atoms with Gasteiger partial charge in [-0.25, -0.2) is 15.0 Å². The van der Waals surface area contributed by atoms with Crippen molar-refractivity contribution in [1.82, 2.24) is 25.2 Å². The van der Waals surface area contributed by atoms with Gasteiger partial charge in [-0.2, -0.15) is 0 Å². The Bertz CT molecular complexity index is 1220. The molecule has 0 spiro atoms. The monoisotopic (exact) mass is 446 g/mol. The molecule has 0 saturated carbocycles. The van der Waals surface area contributed by atoms with Gasteiger partial charge in [-0.15, -0.1) is 0 Å². The molecule has 2 saturated heterocycles. The van der Waals surface area contributed by atoms with Gasteiger partial charge in [0.25, 0.3) is 11.1 Å². The first kappa shape index (κ1) is 20.6. The van der Waals surface area contributed by atoms with E-state index in [1.54, 1.807) is 12.1 Å². The quantitative estimate of drug-likeness (QED) is 0.611. The number of aromatic nitrogens is 3. The number of amides is 2. The van der Waals surface area contributed by atoms with Crippen LogP contribution in [0.15, 0.2) is 47.6 Å². The van der Waals surface area contributed by atoms with Gasteiger partial charge in [0.1, 0.15) is 11.8 Å². The molecule has 2 fully saturated rings. The van der Waals surface area contributed by atoms with Gasteiger partial charge in [-0.05, 0) is 48.6 Å². The van der Waals surface area contributed by atoms with Crippen LogP contribution in [0.4, 0.5) is 10.5 Å². The Morgan fingerprint density at radius 2 is 1.81 bits per heavy atom. The highest BCUT2D eigenvalue weighted by Crippen LogP contribution is 2.29. The van der Waals surface area contributed by atoms with Crippen LogP contribution in [0.2, 0.25) is 0 Å². The van der Waals surface area contributed by atoms with Crippen LogP contribution >= 0.6 is 11.8 Å². The molecule has 8 nitrogen and oxygen atoms in total. The number of nitrogens with one attached hydrogen (secondary N) is 1. The topological polar surface area (TPSA) is 91.3 Å². The highest BCUT2D eigenvalue weighted by atomic mass is 32.2. The molecule has 2 aliphatic heterocycles. The number of pyridine rings is 1. The van der Waals surface area contributed by atoms with E-state index >= 15 is 0 Å². The molecule has 3 aromatic rings. The molecule has 4 heterocycles. The van der Waals surface area contributed by atoms with E-state index in [4.69, 9.17) is 0 Å². The summed E-state index contributed by atoms with van der Waals surface area (Å²) in [6.07, 6.45) is 3.15. The van der Waals surface area contributed by atoms with Gasteiger partial charge in [0.15, 0.2) is 0 Å². The van der Waals surface area contributed by atoms with Crippen LogP contribution < -0.4 is 10.2 Å². The zero-order valence-corrected chi connectivity index (χ0v) is 18.4. The number of carbonyl (C=O) groups is 2. The number of imide groups is 1. The minimum absolute atomic E-state index is 0.327. The number of thioether (sulfide) groups is 1. The summed E-state index contributed by atoms with van der Waals surface area (Å²) in [7, 11) is 0. The fourth-order valence-corrected chi connectivity index (χ4v) is 4.62. The summed E-state index contributed by atoms with van der Waals surface area (Å²) in [5.74, 6) is -0.401. The van der Waals surface area contributed by atoms with Gasteiger partial charge in [-0.1, -0.05) is 19.1 Å². The number of benzene rings is 1. The first-order valence-electron chi connectivity index (χ1n) is 10.5. The molecule has 2 aromatic heterocycles. The largest absolute Gasteiger partial charge is 0.369 e. The summed E-state index contributed by atoms with van der Waals surface area (Å²) < 4.78 is 0. The number of fused-ring (bicyclic) bond motifs is 1. The highest BCUT2D eigenvalue weighted by molar-refractivity contribution is 8.18. The van der Waals surface area contributed by atoms with Crippen LogP contribution in [-0.4, -0.2) is 63.7 Å². The molecule has 2 amide bonds. The molecule has 1 N–H and O–H groups in total. The number of piperazine rings is 1. The number of carbonyl (C=O) groups excluding carboxylic acids is 2. The molecule has 32 heavy (non-hydrogen) atoms. The number of hydrogen-bond acceptors (Lipinski definition) is 8. The number of hydrogen-bond donors (Lipinski definition) is 1. The normalized spacial score (nSPS) is 18.5. The van der Waals surface area contributed by atoms with Gasteiger partial charge in [-0.3, -0.25) is 14.9 Å². The van der Waals surface area contributed by atoms with Crippen molar-refractivity contribution in [1.29, 1.82) is 0 Å². The third-order valence-electron chi connectivity index (χ3n) is 5.75. The molecule has 0 bridgehead atoms. The van der Waals surface area contributed by atoms with E-state index in [0.29, 0.717) is 16.1 Å². The molecular weight excluding hydrogens is 424 g/mol. The number of anilines is 1. The minimum atomic E-state index is -0.401. The average molecular weight is 447 g/mol. The second-order valence-corrected chi connectivity index (χ2v) is 8.66. The first-order chi connectivity index (χ1) is 15.6. The standard InChI is InChI=1S/C23H22N6O2S/c1-2-28-9-11-29(12-10-28)17-6-3-15(4-7-17)20-21-18(24-14-25-20)8-5-16(26-21)13-19-22(30)27-23(31)32-19/h3-8,13-14H,2,9-12H2,1H3,(H,27,30,31). The number of rotatable bonds is 4. The number of likely N-dealkylation sites (N-methyl/N-ethyl adjacent to an activating group) is 1. The lowest BCUT2D eigenvalue weighted by Crippen LogP contribution is -2.46. The van der Waals surface area contributed by atoms with Crippen LogP contribution in [0, 0.1) is 0 Å². The predicted octanol–water partition coefficient (Wildman–Crippen LogP) is 3.16. The Morgan fingerprint density at radius 1 is 1.03 bits per heavy atom. The Kier molecular flexibility index (Phi) is 5.59. The average Bonchev–Trinajstić information content (AvgIpc) is 3.15. The number of nitrogens with zero attached hydrogens (tertiary/aromatic N) is 5. The third-order valence-corrected chi connectivity index (χ3v) is 6.56. The lowest BCUT2D eigenvalue weighted by Gasteiger charge is -2.35. The van der Waals surface area contributed by atoms with Crippen LogP contribution in [0.25, 0.3) is 28.4 Å². The van der Waals surface area contributed by atoms with Crippen molar-refractivity contribution in [3.8, 4) is 11.3 Å². The van der Waals surface area contributed by atoms with E-state index in [1.165, 1.54) is 12.0 Å². The molecular formula is C23H22N6O2S. The Morgan fingerprint density at radius 3 is 2.50 bits per heavy atom. The van der Waals surface area contributed by atoms with Gasteiger partial charge in [0.2, 0.25) is 0 Å². The van der Waals surface area contributed by atoms with Crippen molar-refractivity contribution in [2.45, 2.75) is 6.92 Å². The van der Waals surface area contributed by atoms with Crippen LogP contribution in [0.3, 0.4) is 0 Å². The second-order valence-electron chi connectivity index (χ2n) is 7.65. The maximum atomic E-state index is 11.9. The van der Waals surface area contributed by atoms with Crippen molar-refractivity contribution in [2.75, 3.05) is 37.6 Å². The van der Waals surface area contributed by atoms with E-state index in [1.807, 2.05) is 6.07 Å². The lowest BCUT2D eigenvalue weighted by molar-refractivity contribution is -0.115. The molecule has 0 atom stereocenters. The Hall–Kier alpha value is -3.30. The van der Waals surface area contributed by atoms with Crippen molar-refractivity contribution < 1.29 is 9.59 Å². The van der Waals surface area contributed by atoms with Crippen molar-refractivity contribution >= 4 is 45.7 Å². The molecule has 0 unspecified atom stereocenters. The summed E-state index contributed by atoms with van der Waals surface area (Å²) in [5, 5.41) is 1.88. The van der Waals surface area contributed by atoms with E-state index < -0.39 is 5.91 Å². The van der Waals surface area contributed by atoms with Crippen LogP contribution in [-0.2, 0) is 4.79 Å². The van der Waals surface area contributed by atoms with Crippen LogP contribution in [0.1, 0.15) is 12.6 Å². The van der Waals surface area contributed by atoms with E-state index in [9.17, 15) is 9.59 Å². The Labute approximate surface area is 189 Å². The Balaban J connectivity index is 1.44. The molecule has 162 valence electrons. The summed E-state index contributed by atoms with van der Waals surface area (Å²) in [6.45, 7) is 7.51. The minimum Gasteiger partial charge on any atom is -0.369 e. The maximum Gasteiger partial charge on any atom is 0.290 e. The third kappa shape index (κ3) is 4.09. The summed E-state index contributed by atoms with van der Waals surface area (Å²) >= 11 is 0.874. The molecule has 9 heteroatoms. The molecule has 5 rings (SSSR count). The smallest absolute Gasteiger partial charge is 0.290 e. The summed E-state index contributed by atoms with van der Waals surface area (Å²) in [5.41, 5.74) is 4.84. The van der Waals surface area contributed by atoms with Crippen molar-refractivity contribution in [2.24, 2.45) is 0 Å².